The summed E-state index contributed by atoms with van der Waals surface area (Å²) in [5.74, 6) is 2.12. The molecule has 4 aromatic carbocycles. The average molecular weight is 555 g/mol. The SMILES string of the molecule is CC(C(OC(=C(CSO)c1ccccc1)C(C)c1ccccc1)=C(CSO)c1ccccc1)c1ccccc1. The molecule has 2 N–H and O–H groups in total. The van der Waals surface area contributed by atoms with Crippen LogP contribution in [-0.2, 0) is 4.74 Å². The first-order valence-corrected chi connectivity index (χ1v) is 14.9. The Labute approximate surface area is 240 Å². The van der Waals surface area contributed by atoms with Crippen molar-refractivity contribution < 1.29 is 13.8 Å². The highest BCUT2D eigenvalue weighted by Gasteiger charge is 2.26. The van der Waals surface area contributed by atoms with E-state index in [0.29, 0.717) is 11.5 Å². The maximum absolute atomic E-state index is 10.1. The van der Waals surface area contributed by atoms with Crippen LogP contribution in [-0.4, -0.2) is 20.6 Å². The van der Waals surface area contributed by atoms with Gasteiger partial charge < -0.3 is 13.8 Å². The molecule has 39 heavy (non-hydrogen) atoms. The van der Waals surface area contributed by atoms with Gasteiger partial charge >= 0.3 is 0 Å². The first-order chi connectivity index (χ1) is 19.1. The summed E-state index contributed by atoms with van der Waals surface area (Å²) in [6, 6.07) is 40.8. The van der Waals surface area contributed by atoms with Crippen molar-refractivity contribution in [1.29, 1.82) is 0 Å². The Morgan fingerprint density at radius 2 is 0.846 bits per heavy atom. The van der Waals surface area contributed by atoms with Crippen LogP contribution >= 0.6 is 24.1 Å². The molecule has 4 aromatic rings. The molecule has 0 aliphatic heterocycles. The van der Waals surface area contributed by atoms with Crippen LogP contribution < -0.4 is 0 Å². The lowest BCUT2D eigenvalue weighted by molar-refractivity contribution is 0.264. The molecule has 0 amide bonds. The van der Waals surface area contributed by atoms with E-state index in [0.717, 1.165) is 69.0 Å². The van der Waals surface area contributed by atoms with Gasteiger partial charge in [-0.1, -0.05) is 135 Å². The highest BCUT2D eigenvalue weighted by atomic mass is 32.2. The van der Waals surface area contributed by atoms with Crippen LogP contribution in [0.4, 0.5) is 0 Å². The maximum atomic E-state index is 10.1. The van der Waals surface area contributed by atoms with Crippen LogP contribution in [0, 0.1) is 0 Å². The van der Waals surface area contributed by atoms with Gasteiger partial charge in [0.15, 0.2) is 0 Å². The van der Waals surface area contributed by atoms with E-state index in [1.165, 1.54) is 0 Å². The minimum absolute atomic E-state index is 0.0923. The molecule has 0 radical (unpaired) electrons. The standard InChI is InChI=1S/C34H34O3S2/c1-25(27-15-7-3-8-16-27)33(31(23-38-35)29-19-11-5-12-20-29)37-34(26(2)28-17-9-4-10-18-28)32(24-39-36)30-21-13-6-14-22-30/h3-22,25-26,35-36H,23-24H2,1-2H3. The van der Waals surface area contributed by atoms with Gasteiger partial charge in [-0.25, -0.2) is 0 Å². The summed E-state index contributed by atoms with van der Waals surface area (Å²) in [6.07, 6.45) is 0. The molecular formula is C34H34O3S2. The molecule has 2 unspecified atom stereocenters. The van der Waals surface area contributed by atoms with Crippen LogP contribution in [0.3, 0.4) is 0 Å². The van der Waals surface area contributed by atoms with E-state index in [9.17, 15) is 9.11 Å². The quantitative estimate of drug-likeness (QED) is 0.135. The molecule has 0 heterocycles. The van der Waals surface area contributed by atoms with Crippen LogP contribution in [0.1, 0.15) is 47.9 Å². The molecule has 4 rings (SSSR count). The molecule has 0 aromatic heterocycles. The van der Waals surface area contributed by atoms with Gasteiger partial charge in [-0.3, -0.25) is 0 Å². The van der Waals surface area contributed by atoms with Gasteiger partial charge in [0.1, 0.15) is 11.5 Å². The highest BCUT2D eigenvalue weighted by molar-refractivity contribution is 7.94. The lowest BCUT2D eigenvalue weighted by atomic mass is 9.91. The molecular weight excluding hydrogens is 521 g/mol. The second-order valence-electron chi connectivity index (χ2n) is 9.33. The summed E-state index contributed by atoms with van der Waals surface area (Å²) >= 11 is 1.59. The van der Waals surface area contributed by atoms with Gasteiger partial charge in [0.05, 0.1) is 0 Å². The smallest absolute Gasteiger partial charge is 0.115 e. The monoisotopic (exact) mass is 554 g/mol. The van der Waals surface area contributed by atoms with Gasteiger partial charge in [-0.15, -0.1) is 0 Å². The third kappa shape index (κ3) is 7.46. The van der Waals surface area contributed by atoms with Crippen molar-refractivity contribution in [3.63, 3.8) is 0 Å². The van der Waals surface area contributed by atoms with Gasteiger partial charge in [0.2, 0.25) is 0 Å². The fourth-order valence-electron chi connectivity index (χ4n) is 4.73. The second-order valence-corrected chi connectivity index (χ2v) is 10.4. The largest absolute Gasteiger partial charge is 0.464 e. The summed E-state index contributed by atoms with van der Waals surface area (Å²) in [7, 11) is 0. The second kappa shape index (κ2) is 14.8. The molecule has 0 aliphatic rings. The van der Waals surface area contributed by atoms with E-state index in [-0.39, 0.29) is 11.8 Å². The van der Waals surface area contributed by atoms with Crippen LogP contribution in [0.25, 0.3) is 11.1 Å². The Hall–Kier alpha value is -3.22. The van der Waals surface area contributed by atoms with Gasteiger partial charge in [0, 0.05) is 34.5 Å². The normalized spacial score (nSPS) is 14.2. The zero-order chi connectivity index (χ0) is 27.5. The number of rotatable bonds is 12. The molecule has 0 aliphatic carbocycles. The molecule has 0 fully saturated rings. The van der Waals surface area contributed by atoms with Crippen molar-refractivity contribution in [2.45, 2.75) is 25.7 Å². The van der Waals surface area contributed by atoms with Crippen LogP contribution in [0.15, 0.2) is 133 Å². The Balaban J connectivity index is 1.98. The first kappa shape index (κ1) is 28.8. The third-order valence-electron chi connectivity index (χ3n) is 6.86. The molecule has 5 heteroatoms. The summed E-state index contributed by atoms with van der Waals surface area (Å²) in [6.45, 7) is 4.28. The predicted octanol–water partition coefficient (Wildman–Crippen LogP) is 9.85. The van der Waals surface area contributed by atoms with Gasteiger partial charge in [-0.2, -0.15) is 0 Å². The molecule has 2 atom stereocenters. The maximum Gasteiger partial charge on any atom is 0.115 e. The lowest BCUT2D eigenvalue weighted by Crippen LogP contribution is -2.13. The Kier molecular flexibility index (Phi) is 10.9. The molecule has 200 valence electrons. The highest BCUT2D eigenvalue weighted by Crippen LogP contribution is 2.40. The predicted molar refractivity (Wildman–Crippen MR) is 168 cm³/mol. The topological polar surface area (TPSA) is 49.7 Å². The number of benzene rings is 4. The Morgan fingerprint density at radius 3 is 1.15 bits per heavy atom. The van der Waals surface area contributed by atoms with Crippen molar-refractivity contribution in [3.05, 3.63) is 155 Å². The minimum Gasteiger partial charge on any atom is -0.464 e. The fraction of sp³-hybridized carbons (Fsp3) is 0.176. The van der Waals surface area contributed by atoms with Gasteiger partial charge in [0.25, 0.3) is 0 Å². The summed E-state index contributed by atoms with van der Waals surface area (Å²) in [5.41, 5.74) is 6.10. The van der Waals surface area contributed by atoms with Gasteiger partial charge in [-0.05, 0) is 46.3 Å². The number of ether oxygens (including phenoxy) is 1. The molecule has 0 spiro atoms. The fourth-order valence-corrected chi connectivity index (χ4v) is 5.60. The zero-order valence-corrected chi connectivity index (χ0v) is 23.9. The van der Waals surface area contributed by atoms with E-state index < -0.39 is 0 Å². The van der Waals surface area contributed by atoms with E-state index in [1.54, 1.807) is 0 Å². The summed E-state index contributed by atoms with van der Waals surface area (Å²) in [5, 5.41) is 0. The van der Waals surface area contributed by atoms with Crippen LogP contribution in [0.5, 0.6) is 0 Å². The number of allylic oxidation sites excluding steroid dienone is 2. The van der Waals surface area contributed by atoms with Crippen molar-refractivity contribution in [2.75, 3.05) is 11.5 Å². The van der Waals surface area contributed by atoms with Crippen molar-refractivity contribution in [1.82, 2.24) is 0 Å². The zero-order valence-electron chi connectivity index (χ0n) is 22.2. The molecule has 0 saturated heterocycles. The van der Waals surface area contributed by atoms with E-state index in [2.05, 4.69) is 62.4 Å². The Morgan fingerprint density at radius 1 is 0.538 bits per heavy atom. The first-order valence-electron chi connectivity index (χ1n) is 13.0. The number of hydrogen-bond acceptors (Lipinski definition) is 5. The molecule has 0 bridgehead atoms. The van der Waals surface area contributed by atoms with E-state index >= 15 is 0 Å². The van der Waals surface area contributed by atoms with Crippen LogP contribution in [0.2, 0.25) is 0 Å². The van der Waals surface area contributed by atoms with Crippen molar-refractivity contribution in [2.24, 2.45) is 0 Å². The minimum atomic E-state index is -0.0923. The van der Waals surface area contributed by atoms with E-state index in [4.69, 9.17) is 4.74 Å². The summed E-state index contributed by atoms with van der Waals surface area (Å²) in [4.78, 5) is 0. The summed E-state index contributed by atoms with van der Waals surface area (Å²) < 4.78 is 27.3. The number of hydrogen-bond donors (Lipinski definition) is 2. The van der Waals surface area contributed by atoms with E-state index in [1.807, 2.05) is 72.8 Å². The lowest BCUT2D eigenvalue weighted by Gasteiger charge is -2.28. The third-order valence-corrected chi connectivity index (χ3v) is 7.70. The Bertz CT molecular complexity index is 1250. The average Bonchev–Trinajstić information content (AvgIpc) is 3.01. The van der Waals surface area contributed by atoms with Crippen molar-refractivity contribution >= 4 is 35.2 Å². The molecule has 3 nitrogen and oxygen atoms in total. The van der Waals surface area contributed by atoms with Crippen molar-refractivity contribution in [3.8, 4) is 0 Å². The molecule has 0 saturated carbocycles.